The third-order valence-corrected chi connectivity index (χ3v) is 36.2. The second kappa shape index (κ2) is 52.1. The van der Waals surface area contributed by atoms with Gasteiger partial charge >= 0.3 is 12.4 Å². The molecule has 14 fully saturated rings. The Hall–Kier alpha value is -7.03. The number of hydrogen-bond donors (Lipinski definition) is 1. The van der Waals surface area contributed by atoms with Crippen LogP contribution in [-0.2, 0) is 11.3 Å². The number of aliphatic hydroxyl groups is 1. The molecule has 4 aromatic rings. The van der Waals surface area contributed by atoms with Crippen molar-refractivity contribution in [3.63, 3.8) is 0 Å². The van der Waals surface area contributed by atoms with Crippen LogP contribution in [0, 0.1) is 124 Å². The van der Waals surface area contributed by atoms with E-state index in [4.69, 9.17) is 31.6 Å². The number of rotatable bonds is 22. The van der Waals surface area contributed by atoms with E-state index in [1.807, 2.05) is 60.7 Å². The fourth-order valence-electron chi connectivity index (χ4n) is 25.8. The summed E-state index contributed by atoms with van der Waals surface area (Å²) >= 11 is 0. The fourth-order valence-corrected chi connectivity index (χ4v) is 25.8. The van der Waals surface area contributed by atoms with Crippen molar-refractivity contribution in [1.82, 2.24) is 39.2 Å². The van der Waals surface area contributed by atoms with Gasteiger partial charge in [0, 0.05) is 190 Å². The summed E-state index contributed by atoms with van der Waals surface area (Å²) in [5, 5.41) is 65.2. The van der Waals surface area contributed by atoms with Crippen molar-refractivity contribution < 1.29 is 35.8 Å². The Balaban J connectivity index is 0.000000170. The third-order valence-electron chi connectivity index (χ3n) is 36.2. The molecule has 4 aromatic carbocycles. The van der Waals surface area contributed by atoms with Crippen LogP contribution in [0.3, 0.4) is 0 Å². The topological polar surface area (TPSA) is 189 Å². The highest BCUT2D eigenvalue weighted by Crippen LogP contribution is 2.54. The summed E-state index contributed by atoms with van der Waals surface area (Å²) in [7, 11) is 0. The molecule has 1 N–H and O–H groups in total. The first-order valence-electron chi connectivity index (χ1n) is 54.1. The summed E-state index contributed by atoms with van der Waals surface area (Å²) in [4.78, 5) is 18.0. The molecule has 22 heteroatoms. The molecule has 6 aliphatic carbocycles. The molecule has 15 nitrogen and oxygen atoms in total. The molecule has 0 radical (unpaired) electrons. The minimum atomic E-state index is -4.09. The number of benzene rings is 4. The molecule has 14 aliphatic rings. The van der Waals surface area contributed by atoms with Crippen molar-refractivity contribution in [1.29, 1.82) is 31.6 Å². The van der Waals surface area contributed by atoms with Crippen molar-refractivity contribution in [2.75, 3.05) is 105 Å². The maximum atomic E-state index is 15.0. The number of halogens is 7. The van der Waals surface area contributed by atoms with E-state index in [2.05, 4.69) is 223 Å². The molecule has 2 unspecified atom stereocenters. The van der Waals surface area contributed by atoms with Crippen LogP contribution >= 0.6 is 0 Å². The number of piperazine rings is 2. The van der Waals surface area contributed by atoms with E-state index in [1.165, 1.54) is 106 Å². The Morgan fingerprint density at radius 3 is 0.878 bits per heavy atom. The van der Waals surface area contributed by atoms with Crippen molar-refractivity contribution in [2.45, 2.75) is 393 Å². The van der Waals surface area contributed by atoms with Crippen LogP contribution in [0.4, 0.5) is 30.7 Å². The van der Waals surface area contributed by atoms with Gasteiger partial charge in [0.05, 0.1) is 49.5 Å². The van der Waals surface area contributed by atoms with E-state index in [1.54, 1.807) is 4.90 Å². The fraction of sp³-hybridized carbons (Fsp3) is 0.744. The predicted molar refractivity (Wildman–Crippen MR) is 547 cm³/mol. The van der Waals surface area contributed by atoms with E-state index >= 15 is 0 Å². The van der Waals surface area contributed by atoms with Gasteiger partial charge in [-0.05, 0) is 239 Å². The molecule has 768 valence electrons. The van der Waals surface area contributed by atoms with Gasteiger partial charge in [-0.3, -0.25) is 39.2 Å². The highest BCUT2D eigenvalue weighted by molar-refractivity contribution is 5.29. The lowest BCUT2D eigenvalue weighted by atomic mass is 9.64. The zero-order valence-electron chi connectivity index (χ0n) is 87.6. The van der Waals surface area contributed by atoms with Crippen LogP contribution in [0.15, 0.2) is 121 Å². The zero-order valence-corrected chi connectivity index (χ0v) is 87.6. The normalized spacial score (nSPS) is 31.2. The van der Waals surface area contributed by atoms with Gasteiger partial charge in [-0.25, -0.2) is 4.39 Å². The Labute approximate surface area is 835 Å². The van der Waals surface area contributed by atoms with E-state index < -0.39 is 36.7 Å². The van der Waals surface area contributed by atoms with Gasteiger partial charge in [0.15, 0.2) is 5.67 Å². The minimum absolute atomic E-state index is 0.0905. The van der Waals surface area contributed by atoms with Gasteiger partial charge in [-0.15, -0.1) is 0 Å². The van der Waals surface area contributed by atoms with Crippen molar-refractivity contribution >= 4 is 0 Å². The Bertz CT molecular complexity index is 4270. The van der Waals surface area contributed by atoms with Crippen LogP contribution in [0.2, 0.25) is 0 Å². The van der Waals surface area contributed by atoms with Gasteiger partial charge in [0.25, 0.3) is 0 Å². The largest absolute Gasteiger partial charge is 0.401 e. The van der Waals surface area contributed by atoms with E-state index in [-0.39, 0.29) is 44.6 Å². The molecule has 0 aromatic heterocycles. The Morgan fingerprint density at radius 1 is 0.331 bits per heavy atom. The summed E-state index contributed by atoms with van der Waals surface area (Å²) < 4.78 is 89.8. The number of nitriles is 6. The van der Waals surface area contributed by atoms with Gasteiger partial charge < -0.3 is 5.11 Å². The van der Waals surface area contributed by atoms with Crippen molar-refractivity contribution in [3.8, 4) is 36.4 Å². The maximum absolute atomic E-state index is 15.0. The molecular formula is C117H175F7N14O. The Morgan fingerprint density at radius 2 is 0.590 bits per heavy atom. The van der Waals surface area contributed by atoms with Gasteiger partial charge in [0.1, 0.15) is 5.60 Å². The number of hydrogen-bond acceptors (Lipinski definition) is 15. The number of β-amino-alcohol motifs (C(OH)–C–C–N with tert-alkyl or cyclic N) is 1. The average molecular weight is 1930 g/mol. The number of piperidine rings is 1. The lowest BCUT2D eigenvalue weighted by Gasteiger charge is -2.58. The van der Waals surface area contributed by atoms with Crippen LogP contribution in [0.25, 0.3) is 0 Å². The summed E-state index contributed by atoms with van der Waals surface area (Å²) in [5.74, 6) is 3.84. The lowest BCUT2D eigenvalue weighted by Crippen LogP contribution is -2.71. The first-order chi connectivity index (χ1) is 66.2. The summed E-state index contributed by atoms with van der Waals surface area (Å²) in [6.07, 6.45) is 26.9. The highest BCUT2D eigenvalue weighted by atomic mass is 19.4. The second-order valence-electron chi connectivity index (χ2n) is 46.9. The minimum Gasteiger partial charge on any atom is -0.382 e. The first-order valence-corrected chi connectivity index (χ1v) is 54.1. The number of likely N-dealkylation sites (tertiary alicyclic amines) is 4. The third kappa shape index (κ3) is 31.0. The van der Waals surface area contributed by atoms with Crippen LogP contribution in [0.5, 0.6) is 0 Å². The monoisotopic (exact) mass is 1930 g/mol. The highest BCUT2D eigenvalue weighted by Gasteiger charge is 2.54. The lowest BCUT2D eigenvalue weighted by molar-refractivity contribution is -0.191. The molecule has 0 amide bonds. The van der Waals surface area contributed by atoms with E-state index in [9.17, 15) is 35.8 Å². The van der Waals surface area contributed by atoms with Crippen LogP contribution in [0.1, 0.15) is 343 Å². The van der Waals surface area contributed by atoms with Crippen LogP contribution in [-0.4, -0.2) is 210 Å². The van der Waals surface area contributed by atoms with Crippen LogP contribution < -0.4 is 0 Å². The molecular weight excluding hydrogens is 1750 g/mol. The van der Waals surface area contributed by atoms with Crippen molar-refractivity contribution in [3.05, 3.63) is 144 Å². The molecule has 6 saturated carbocycles. The molecule has 2 atom stereocenters. The second-order valence-corrected chi connectivity index (χ2v) is 46.9. The summed E-state index contributed by atoms with van der Waals surface area (Å²) in [5.41, 5.74) is 4.27. The molecule has 2 bridgehead atoms. The zero-order chi connectivity index (χ0) is 101. The smallest absolute Gasteiger partial charge is 0.382 e. The quantitative estimate of drug-likeness (QED) is 0.0731. The average Bonchev–Trinajstić information content (AvgIpc) is 0.767. The standard InChI is InChI=1S/C20H27FN2.C20H28N2O.2C20H28N2.C16H24F3N3.C15H24F3N3.2C3H8/c1-16(2)19(12-13-22)10-8-18(9-11-19)23-14-20(21,15-23)17-6-4-3-5-7-17;1-16(2)19(12-13-21)10-8-18(9-11-19)22-14-20(23,15-22)17-6-4-3-5-7-17;2*1-16(2)20(12-13-21)10-8-19(9-11-20)22-14-18(15-22)17-6-4-3-5-7-17;1-15(6-7-20)4-2-12(3-5-15)21-9-13-8-14(10-21)22(13)11-16(17,18)19;1-14(6-7-19)4-2-13(3-5-14)21-10-8-20(9-11-21)12-15(16,17)18;2*1-3-2/h3-7,16,18H,8-12,14-15H2,1-2H3;3-7,16,18,23H,8-12,14-15H2,1-2H3;2*3-7,16,18-19H,8-12,14-15H2,1-2H3;12-14H,2-6,8-11H2,1H3;13H,2-6,8-12H2,1H3;2*3H2,1-2H3. The first kappa shape index (κ1) is 114. The SMILES string of the molecule is CC(C)C1(CC#N)CCC(N2CC(F)(c3ccccc3)C2)CC1.CC(C)C1(CC#N)CCC(N2CC(O)(c3ccccc3)C2)CC1.CC(C)C1(CC#N)CCC(N2CC(c3ccccc3)C2)CC1.CC(C)C1(CC#N)CCC(N2CC(c3ccccc3)C2)CC1.CC1(CC#N)CCC(N2CC3CC(C2)N3CC(F)(F)F)CC1.CC1(CC#N)CCC(N2CCN(CC(F)(F)F)CC2)CC1.CCC.CCC. The van der Waals surface area contributed by atoms with E-state index in [0.717, 1.165) is 196 Å². The predicted octanol–water partition coefficient (Wildman–Crippen LogP) is 26.6. The summed E-state index contributed by atoms with van der Waals surface area (Å²) in [6.45, 7) is 41.0. The molecule has 8 saturated heterocycles. The van der Waals surface area contributed by atoms with Gasteiger partial charge in [-0.2, -0.15) is 57.9 Å². The molecule has 18 rings (SSSR count). The maximum Gasteiger partial charge on any atom is 0.401 e. The van der Waals surface area contributed by atoms with Gasteiger partial charge in [-0.1, -0.05) is 231 Å². The van der Waals surface area contributed by atoms with Crippen molar-refractivity contribution in [2.24, 2.45) is 56.2 Å². The number of fused-ring (bicyclic) bond motifs is 2. The molecule has 139 heavy (non-hydrogen) atoms. The summed E-state index contributed by atoms with van der Waals surface area (Å²) in [6, 6.07) is 59.5. The van der Waals surface area contributed by atoms with Gasteiger partial charge in [0.2, 0.25) is 0 Å². The Kier molecular flexibility index (Phi) is 42.7. The molecule has 8 aliphatic heterocycles. The van der Waals surface area contributed by atoms with E-state index in [0.29, 0.717) is 99.7 Å². The molecule has 0 spiro atoms. The number of nitrogens with zero attached hydrogens (tertiary/aromatic N) is 14. The molecule has 8 heterocycles. The number of alkyl halides is 7.